The number of hydrogen-bond acceptors (Lipinski definition) is 4. The Balaban J connectivity index is 1.94. The van der Waals surface area contributed by atoms with Crippen LogP contribution in [0.3, 0.4) is 0 Å². The maximum absolute atomic E-state index is 12.8. The van der Waals surface area contributed by atoms with Crippen molar-refractivity contribution in [3.63, 3.8) is 0 Å². The Labute approximate surface area is 139 Å². The molecular weight excluding hydrogens is 308 g/mol. The SMILES string of the molecule is CCCCCCCCn1c(=O)c2c(nc3oc(C)cn32)n(C)c1=O. The fourth-order valence-electron chi connectivity index (χ4n) is 3.11. The van der Waals surface area contributed by atoms with E-state index in [0.29, 0.717) is 29.3 Å². The van der Waals surface area contributed by atoms with E-state index in [0.717, 1.165) is 19.3 Å². The van der Waals surface area contributed by atoms with E-state index in [4.69, 9.17) is 4.42 Å². The highest BCUT2D eigenvalue weighted by Gasteiger charge is 2.18. The second-order valence-corrected chi connectivity index (χ2v) is 6.34. The normalized spacial score (nSPS) is 11.8. The van der Waals surface area contributed by atoms with Crippen LogP contribution in [0.4, 0.5) is 0 Å². The first-order valence-corrected chi connectivity index (χ1v) is 8.62. The van der Waals surface area contributed by atoms with Crippen LogP contribution in [-0.2, 0) is 13.6 Å². The minimum Gasteiger partial charge on any atom is -0.428 e. The molecule has 0 bridgehead atoms. The lowest BCUT2D eigenvalue weighted by molar-refractivity contribution is 0.526. The Hall–Kier alpha value is -2.31. The predicted molar refractivity (Wildman–Crippen MR) is 92.6 cm³/mol. The molecule has 0 radical (unpaired) electrons. The quantitative estimate of drug-likeness (QED) is 0.623. The van der Waals surface area contributed by atoms with Crippen LogP contribution in [-0.4, -0.2) is 18.5 Å². The first-order valence-electron chi connectivity index (χ1n) is 8.62. The largest absolute Gasteiger partial charge is 0.428 e. The Morgan fingerprint density at radius 2 is 1.83 bits per heavy atom. The number of hydrogen-bond donors (Lipinski definition) is 0. The second kappa shape index (κ2) is 6.67. The molecule has 0 unspecified atom stereocenters. The number of unbranched alkanes of at least 4 members (excludes halogenated alkanes) is 5. The fourth-order valence-corrected chi connectivity index (χ4v) is 3.11. The summed E-state index contributed by atoms with van der Waals surface area (Å²) in [6.07, 6.45) is 8.38. The molecule has 24 heavy (non-hydrogen) atoms. The summed E-state index contributed by atoms with van der Waals surface area (Å²) < 4.78 is 9.84. The zero-order valence-corrected chi connectivity index (χ0v) is 14.5. The molecule has 0 spiro atoms. The van der Waals surface area contributed by atoms with Crippen molar-refractivity contribution in [2.24, 2.45) is 7.05 Å². The highest BCUT2D eigenvalue weighted by Crippen LogP contribution is 2.15. The minimum atomic E-state index is -0.321. The number of oxazole rings is 1. The molecule has 3 heterocycles. The van der Waals surface area contributed by atoms with Gasteiger partial charge in [0.2, 0.25) is 0 Å². The van der Waals surface area contributed by atoms with E-state index >= 15 is 0 Å². The topological polar surface area (TPSA) is 74.4 Å². The Morgan fingerprint density at radius 1 is 1.12 bits per heavy atom. The molecule has 0 fully saturated rings. The van der Waals surface area contributed by atoms with Crippen molar-refractivity contribution < 1.29 is 4.42 Å². The van der Waals surface area contributed by atoms with Gasteiger partial charge in [-0.25, -0.2) is 4.79 Å². The smallest absolute Gasteiger partial charge is 0.332 e. The monoisotopic (exact) mass is 332 g/mol. The molecule has 3 rings (SSSR count). The van der Waals surface area contributed by atoms with E-state index in [1.54, 1.807) is 24.6 Å². The molecule has 0 saturated heterocycles. The zero-order chi connectivity index (χ0) is 17.3. The zero-order valence-electron chi connectivity index (χ0n) is 14.5. The molecule has 0 aliphatic heterocycles. The molecule has 0 amide bonds. The lowest BCUT2D eigenvalue weighted by atomic mass is 10.1. The third-order valence-electron chi connectivity index (χ3n) is 4.44. The summed E-state index contributed by atoms with van der Waals surface area (Å²) in [6, 6.07) is 0. The summed E-state index contributed by atoms with van der Waals surface area (Å²) in [5, 5.41) is 0. The van der Waals surface area contributed by atoms with Gasteiger partial charge in [-0.2, -0.15) is 4.98 Å². The summed E-state index contributed by atoms with van der Waals surface area (Å²) in [5.41, 5.74) is 0.145. The number of rotatable bonds is 7. The van der Waals surface area contributed by atoms with Crippen LogP contribution in [0.1, 0.15) is 51.2 Å². The van der Waals surface area contributed by atoms with Gasteiger partial charge in [-0.1, -0.05) is 39.0 Å². The Morgan fingerprint density at radius 3 is 2.58 bits per heavy atom. The fraction of sp³-hybridized carbons (Fsp3) is 0.588. The summed E-state index contributed by atoms with van der Waals surface area (Å²) >= 11 is 0. The minimum absolute atomic E-state index is 0.296. The second-order valence-electron chi connectivity index (χ2n) is 6.34. The van der Waals surface area contributed by atoms with Gasteiger partial charge >= 0.3 is 11.5 Å². The number of aryl methyl sites for hydroxylation is 2. The van der Waals surface area contributed by atoms with Gasteiger partial charge in [0, 0.05) is 13.6 Å². The van der Waals surface area contributed by atoms with Gasteiger partial charge in [-0.3, -0.25) is 18.3 Å². The van der Waals surface area contributed by atoms with Crippen LogP contribution in [0.25, 0.3) is 17.0 Å². The third kappa shape index (κ3) is 2.79. The number of imidazole rings is 1. The van der Waals surface area contributed by atoms with Gasteiger partial charge in [0.05, 0.1) is 6.20 Å². The molecule has 0 aliphatic rings. The lowest BCUT2D eigenvalue weighted by Crippen LogP contribution is -2.39. The summed E-state index contributed by atoms with van der Waals surface area (Å²) in [6.45, 7) is 4.43. The Kier molecular flexibility index (Phi) is 4.59. The molecule has 0 aliphatic carbocycles. The van der Waals surface area contributed by atoms with Crippen LogP contribution in [0.5, 0.6) is 0 Å². The highest BCUT2D eigenvalue weighted by molar-refractivity contribution is 5.74. The van der Waals surface area contributed by atoms with Gasteiger partial charge in [0.25, 0.3) is 5.56 Å². The summed E-state index contributed by atoms with van der Waals surface area (Å²) in [4.78, 5) is 29.6. The maximum Gasteiger partial charge on any atom is 0.332 e. The third-order valence-corrected chi connectivity index (χ3v) is 4.44. The van der Waals surface area contributed by atoms with E-state index in [-0.39, 0.29) is 11.2 Å². The standard InChI is InChI=1S/C17H24N4O3/c1-4-5-6-7-8-9-10-20-15(22)13-14(19(3)17(20)23)18-16-21(13)11-12(2)24-16/h11H,4-10H2,1-3H3. The molecule has 7 nitrogen and oxygen atoms in total. The highest BCUT2D eigenvalue weighted by atomic mass is 16.4. The average molecular weight is 332 g/mol. The lowest BCUT2D eigenvalue weighted by Gasteiger charge is -2.08. The van der Waals surface area contributed by atoms with Crippen LogP contribution >= 0.6 is 0 Å². The van der Waals surface area contributed by atoms with E-state index in [1.807, 2.05) is 0 Å². The van der Waals surface area contributed by atoms with Crippen molar-refractivity contribution in [3.05, 3.63) is 32.8 Å². The van der Waals surface area contributed by atoms with Crippen molar-refractivity contribution in [1.29, 1.82) is 0 Å². The van der Waals surface area contributed by atoms with Crippen molar-refractivity contribution >= 4 is 17.0 Å². The number of fused-ring (bicyclic) bond motifs is 3. The molecule has 7 heteroatoms. The van der Waals surface area contributed by atoms with E-state index in [1.165, 1.54) is 28.4 Å². The molecular formula is C17H24N4O3. The number of aromatic nitrogens is 4. The number of nitrogens with zero attached hydrogens (tertiary/aromatic N) is 4. The average Bonchev–Trinajstić information content (AvgIpc) is 3.07. The first kappa shape index (κ1) is 16.5. The van der Waals surface area contributed by atoms with Gasteiger partial charge in [0.15, 0.2) is 11.2 Å². The maximum atomic E-state index is 12.8. The molecule has 0 saturated carbocycles. The molecule has 0 atom stereocenters. The molecule has 3 aromatic rings. The summed E-state index contributed by atoms with van der Waals surface area (Å²) in [7, 11) is 1.64. The van der Waals surface area contributed by atoms with E-state index < -0.39 is 0 Å². The van der Waals surface area contributed by atoms with Crippen LogP contribution in [0.15, 0.2) is 20.2 Å². The van der Waals surface area contributed by atoms with Gasteiger partial charge in [-0.15, -0.1) is 0 Å². The van der Waals surface area contributed by atoms with Crippen molar-refractivity contribution in [2.45, 2.75) is 58.9 Å². The predicted octanol–water partition coefficient (Wildman–Crippen LogP) is 2.61. The van der Waals surface area contributed by atoms with Crippen LogP contribution in [0.2, 0.25) is 0 Å². The molecule has 3 aromatic heterocycles. The first-order chi connectivity index (χ1) is 11.5. The molecule has 0 aromatic carbocycles. The molecule has 0 N–H and O–H groups in total. The van der Waals surface area contributed by atoms with E-state index in [9.17, 15) is 9.59 Å². The molecule has 130 valence electrons. The van der Waals surface area contributed by atoms with E-state index in [2.05, 4.69) is 11.9 Å². The summed E-state index contributed by atoms with van der Waals surface area (Å²) in [5.74, 6) is 1.02. The van der Waals surface area contributed by atoms with Gasteiger partial charge in [-0.05, 0) is 13.3 Å². The van der Waals surface area contributed by atoms with Crippen molar-refractivity contribution in [1.82, 2.24) is 18.5 Å². The van der Waals surface area contributed by atoms with Gasteiger partial charge < -0.3 is 4.42 Å². The van der Waals surface area contributed by atoms with Crippen molar-refractivity contribution in [3.8, 4) is 0 Å². The van der Waals surface area contributed by atoms with Crippen molar-refractivity contribution in [2.75, 3.05) is 0 Å². The van der Waals surface area contributed by atoms with Gasteiger partial charge in [0.1, 0.15) is 5.76 Å². The Bertz CT molecular complexity index is 974. The van der Waals surface area contributed by atoms with Crippen LogP contribution < -0.4 is 11.2 Å². The van der Waals surface area contributed by atoms with Crippen LogP contribution in [0, 0.1) is 6.92 Å².